The van der Waals surface area contributed by atoms with Gasteiger partial charge in [0.15, 0.2) is 6.19 Å². The molecule has 0 aromatic rings. The summed E-state index contributed by atoms with van der Waals surface area (Å²) in [5.41, 5.74) is 4.15. The lowest BCUT2D eigenvalue weighted by Gasteiger charge is -2.17. The van der Waals surface area contributed by atoms with Crippen molar-refractivity contribution in [3.8, 4) is 6.19 Å². The maximum atomic E-state index is 8.48. The van der Waals surface area contributed by atoms with Crippen molar-refractivity contribution in [1.82, 2.24) is 4.90 Å². The molecule has 78 valence electrons. The van der Waals surface area contributed by atoms with Crippen LogP contribution in [-0.4, -0.2) is 59.7 Å². The van der Waals surface area contributed by atoms with Crippen molar-refractivity contribution in [1.29, 1.82) is 5.26 Å². The van der Waals surface area contributed by atoms with Crippen LogP contribution < -0.4 is 5.73 Å². The first-order valence-corrected chi connectivity index (χ1v) is 3.91. The van der Waals surface area contributed by atoms with Gasteiger partial charge in [-0.25, -0.2) is 0 Å². The second-order valence-electron chi connectivity index (χ2n) is 2.14. The molecule has 0 amide bonds. The Morgan fingerprint density at radius 2 is 1.23 bits per heavy atom. The normalized spacial score (nSPS) is 8.85. The molecule has 0 bridgehead atoms. The number of hydrogen-bond donors (Lipinski definition) is 4. The lowest BCUT2D eigenvalue weighted by atomic mass is 10.4. The summed E-state index contributed by atoms with van der Waals surface area (Å²) in [4.78, 5) is 1.79. The number of nitriles is 1. The topological polar surface area (TPSA) is 114 Å². The van der Waals surface area contributed by atoms with Crippen LogP contribution in [0.5, 0.6) is 0 Å². The highest BCUT2D eigenvalue weighted by molar-refractivity contribution is 4.54. The van der Waals surface area contributed by atoms with Crippen LogP contribution in [0.1, 0.15) is 0 Å². The van der Waals surface area contributed by atoms with Gasteiger partial charge in [0.25, 0.3) is 0 Å². The van der Waals surface area contributed by atoms with E-state index in [9.17, 15) is 0 Å². The third kappa shape index (κ3) is 14.0. The number of hydrogen-bond acceptors (Lipinski definition) is 6. The Labute approximate surface area is 77.8 Å². The molecule has 6 heteroatoms. The van der Waals surface area contributed by atoms with E-state index in [1.54, 1.807) is 4.90 Å². The molecule has 0 atom stereocenters. The summed E-state index contributed by atoms with van der Waals surface area (Å²) in [7, 11) is 0. The highest BCUT2D eigenvalue weighted by Crippen LogP contribution is 1.84. The van der Waals surface area contributed by atoms with Gasteiger partial charge in [-0.15, -0.1) is 0 Å². The molecule has 0 radical (unpaired) electrons. The summed E-state index contributed by atoms with van der Waals surface area (Å²) in [6.45, 7) is 1.75. The summed E-state index contributed by atoms with van der Waals surface area (Å²) < 4.78 is 0. The van der Waals surface area contributed by atoms with Crippen LogP contribution in [0.3, 0.4) is 0 Å². The Bertz CT molecular complexity index is 112. The minimum atomic E-state index is 0.0694. The van der Waals surface area contributed by atoms with Crippen molar-refractivity contribution >= 4 is 0 Å². The summed E-state index contributed by atoms with van der Waals surface area (Å²) in [6, 6.07) is 0. The van der Waals surface area contributed by atoms with E-state index in [-0.39, 0.29) is 19.8 Å². The molecule has 6 nitrogen and oxygen atoms in total. The SMILES string of the molecule is N#CN.OCCN(CCO)CCO. The molecule has 0 aliphatic rings. The quantitative estimate of drug-likeness (QED) is 0.277. The Balaban J connectivity index is 0. The Hall–Kier alpha value is -0.870. The standard InChI is InChI=1S/C6H15NO3.CH2N2/c8-4-1-7(2-5-9)3-6-10;2-1-3/h8-10H,1-6H2;2H2. The molecule has 0 spiro atoms. The van der Waals surface area contributed by atoms with E-state index in [0.717, 1.165) is 0 Å². The van der Waals surface area contributed by atoms with Gasteiger partial charge in [0.1, 0.15) is 0 Å². The summed E-state index contributed by atoms with van der Waals surface area (Å²) in [5, 5.41) is 32.6. The third-order valence-corrected chi connectivity index (χ3v) is 1.25. The minimum absolute atomic E-state index is 0.0694. The van der Waals surface area contributed by atoms with Crippen molar-refractivity contribution in [3.05, 3.63) is 0 Å². The first kappa shape index (κ1) is 14.6. The van der Waals surface area contributed by atoms with Crippen molar-refractivity contribution in [3.63, 3.8) is 0 Å². The first-order chi connectivity index (χ1) is 6.26. The van der Waals surface area contributed by atoms with Crippen molar-refractivity contribution in [2.45, 2.75) is 0 Å². The van der Waals surface area contributed by atoms with Crippen molar-refractivity contribution in [2.24, 2.45) is 5.73 Å². The molecule has 0 saturated heterocycles. The van der Waals surface area contributed by atoms with E-state index < -0.39 is 0 Å². The van der Waals surface area contributed by atoms with Crippen LogP contribution >= 0.6 is 0 Å². The van der Waals surface area contributed by atoms with Gasteiger partial charge in [-0.2, -0.15) is 5.26 Å². The molecule has 13 heavy (non-hydrogen) atoms. The van der Waals surface area contributed by atoms with E-state index >= 15 is 0 Å². The number of nitrogens with two attached hydrogens (primary N) is 1. The van der Waals surface area contributed by atoms with Gasteiger partial charge < -0.3 is 21.1 Å². The van der Waals surface area contributed by atoms with Crippen molar-refractivity contribution in [2.75, 3.05) is 39.5 Å². The van der Waals surface area contributed by atoms with E-state index in [4.69, 9.17) is 20.6 Å². The zero-order chi connectivity index (χ0) is 10.5. The molecule has 5 N–H and O–H groups in total. The Morgan fingerprint density at radius 3 is 1.38 bits per heavy atom. The summed E-state index contributed by atoms with van der Waals surface area (Å²) in [6.07, 6.45) is 1.25. The smallest absolute Gasteiger partial charge is 0.173 e. The molecule has 0 fully saturated rings. The van der Waals surface area contributed by atoms with Crippen LogP contribution in [0, 0.1) is 11.5 Å². The fourth-order valence-corrected chi connectivity index (χ4v) is 0.760. The van der Waals surface area contributed by atoms with Crippen LogP contribution in [0.25, 0.3) is 0 Å². The van der Waals surface area contributed by atoms with Gasteiger partial charge in [-0.05, 0) is 0 Å². The van der Waals surface area contributed by atoms with Gasteiger partial charge in [0.05, 0.1) is 19.8 Å². The van der Waals surface area contributed by atoms with E-state index in [1.807, 2.05) is 0 Å². The average Bonchev–Trinajstić information content (AvgIpc) is 2.07. The molecule has 0 aliphatic heterocycles. The Morgan fingerprint density at radius 1 is 1.00 bits per heavy atom. The van der Waals surface area contributed by atoms with Gasteiger partial charge in [-0.1, -0.05) is 0 Å². The molecule has 0 aliphatic carbocycles. The van der Waals surface area contributed by atoms with Crippen LogP contribution in [0.15, 0.2) is 0 Å². The van der Waals surface area contributed by atoms with Gasteiger partial charge in [-0.3, -0.25) is 4.90 Å². The third-order valence-electron chi connectivity index (χ3n) is 1.25. The average molecular weight is 191 g/mol. The second-order valence-corrected chi connectivity index (χ2v) is 2.14. The van der Waals surface area contributed by atoms with Crippen molar-refractivity contribution < 1.29 is 15.3 Å². The maximum Gasteiger partial charge on any atom is 0.173 e. The molecule has 0 aromatic carbocycles. The van der Waals surface area contributed by atoms with Gasteiger partial charge in [0.2, 0.25) is 0 Å². The summed E-state index contributed by atoms with van der Waals surface area (Å²) >= 11 is 0. The van der Waals surface area contributed by atoms with Gasteiger partial charge >= 0.3 is 0 Å². The molecule has 0 rings (SSSR count). The van der Waals surface area contributed by atoms with E-state index in [0.29, 0.717) is 19.6 Å². The maximum absolute atomic E-state index is 8.48. The van der Waals surface area contributed by atoms with E-state index in [2.05, 4.69) is 5.73 Å². The highest BCUT2D eigenvalue weighted by Gasteiger charge is 2.00. The minimum Gasteiger partial charge on any atom is -0.395 e. The zero-order valence-corrected chi connectivity index (χ0v) is 7.56. The highest BCUT2D eigenvalue weighted by atomic mass is 16.3. The number of aliphatic hydroxyl groups is 3. The fraction of sp³-hybridized carbons (Fsp3) is 0.857. The summed E-state index contributed by atoms with van der Waals surface area (Å²) in [5.74, 6) is 0. The lowest BCUT2D eigenvalue weighted by Crippen LogP contribution is -2.32. The molecule has 0 heterocycles. The lowest BCUT2D eigenvalue weighted by molar-refractivity contribution is 0.136. The van der Waals surface area contributed by atoms with Gasteiger partial charge in [0, 0.05) is 19.6 Å². The first-order valence-electron chi connectivity index (χ1n) is 3.91. The monoisotopic (exact) mass is 191 g/mol. The predicted octanol–water partition coefficient (Wildman–Crippen LogP) is -2.31. The molecular formula is C7H17N3O3. The molecular weight excluding hydrogens is 174 g/mol. The molecule has 0 unspecified atom stereocenters. The van der Waals surface area contributed by atoms with Crippen LogP contribution in [-0.2, 0) is 0 Å². The van der Waals surface area contributed by atoms with E-state index in [1.165, 1.54) is 6.19 Å². The second kappa shape index (κ2) is 13.7. The fourth-order valence-electron chi connectivity index (χ4n) is 0.760. The zero-order valence-electron chi connectivity index (χ0n) is 7.56. The molecule has 0 saturated carbocycles. The molecule has 0 aromatic heterocycles. The van der Waals surface area contributed by atoms with Crippen LogP contribution in [0.2, 0.25) is 0 Å². The Kier molecular flexibility index (Phi) is 15.4. The van der Waals surface area contributed by atoms with Crippen LogP contribution in [0.4, 0.5) is 0 Å². The number of nitrogens with zero attached hydrogens (tertiary/aromatic N) is 2. The predicted molar refractivity (Wildman–Crippen MR) is 47.5 cm³/mol. The number of rotatable bonds is 6. The number of aliphatic hydroxyl groups excluding tert-OH is 3. The largest absolute Gasteiger partial charge is 0.395 e.